The number of hydrogen-bond acceptors (Lipinski definition) is 3. The quantitative estimate of drug-likeness (QED) is 0.214. The number of imidazole rings is 1. The number of pyridine rings is 1. The van der Waals surface area contributed by atoms with E-state index in [1.165, 1.54) is 0 Å². The van der Waals surface area contributed by atoms with Gasteiger partial charge >= 0.3 is 0 Å². The lowest BCUT2D eigenvalue weighted by Crippen LogP contribution is -1.97. The second kappa shape index (κ2) is 9.79. The highest BCUT2D eigenvalue weighted by Crippen LogP contribution is 2.40. The van der Waals surface area contributed by atoms with Crippen LogP contribution < -0.4 is 0 Å². The summed E-state index contributed by atoms with van der Waals surface area (Å²) in [5, 5.41) is 3.16. The summed E-state index contributed by atoms with van der Waals surface area (Å²) in [6.45, 7) is 0. The molecule has 0 N–H and O–H groups in total. The fourth-order valence-corrected chi connectivity index (χ4v) is 6.31. The van der Waals surface area contributed by atoms with E-state index < -0.39 is 0 Å². The normalized spacial score (nSPS) is 11.6. The Labute approximate surface area is 253 Å². The topological polar surface area (TPSA) is 43.9 Å². The van der Waals surface area contributed by atoms with Gasteiger partial charge in [0.25, 0.3) is 0 Å². The zero-order valence-corrected chi connectivity index (χ0v) is 23.7. The Hall–Kier alpha value is -6.00. The molecule has 0 aliphatic heterocycles. The number of nitrogens with zero attached hydrogens (tertiary/aromatic N) is 3. The Bertz CT molecular complexity index is 2470. The lowest BCUT2D eigenvalue weighted by molar-refractivity contribution is 0.672. The summed E-state index contributed by atoms with van der Waals surface area (Å²) in [5.74, 6) is 0.929. The van der Waals surface area contributed by atoms with Gasteiger partial charge in [-0.2, -0.15) is 0 Å². The maximum Gasteiger partial charge on any atom is 0.147 e. The van der Waals surface area contributed by atoms with Gasteiger partial charge in [0.2, 0.25) is 0 Å². The van der Waals surface area contributed by atoms with Crippen LogP contribution in [0.25, 0.3) is 83.3 Å². The van der Waals surface area contributed by atoms with E-state index in [1.807, 2.05) is 42.5 Å². The largest absolute Gasteiger partial charge is 0.455 e. The van der Waals surface area contributed by atoms with E-state index in [1.54, 1.807) is 0 Å². The van der Waals surface area contributed by atoms with Crippen molar-refractivity contribution in [2.75, 3.05) is 0 Å². The highest BCUT2D eigenvalue weighted by atomic mass is 16.3. The van der Waals surface area contributed by atoms with Crippen LogP contribution in [0.3, 0.4) is 0 Å². The fourth-order valence-electron chi connectivity index (χ4n) is 6.31. The molecule has 0 saturated carbocycles. The van der Waals surface area contributed by atoms with Crippen LogP contribution in [-0.4, -0.2) is 14.5 Å². The molecule has 0 saturated heterocycles. The molecule has 0 aliphatic rings. The summed E-state index contributed by atoms with van der Waals surface area (Å²) in [6.07, 6.45) is 0. The van der Waals surface area contributed by atoms with E-state index in [0.717, 1.165) is 83.3 Å². The van der Waals surface area contributed by atoms with E-state index >= 15 is 0 Å². The van der Waals surface area contributed by atoms with Gasteiger partial charge < -0.3 is 4.42 Å². The molecule has 4 heteroatoms. The summed E-state index contributed by atoms with van der Waals surface area (Å²) in [6, 6.07) is 52.5. The van der Waals surface area contributed by atoms with Crippen molar-refractivity contribution in [3.05, 3.63) is 152 Å². The molecular formula is C40H25N3O. The van der Waals surface area contributed by atoms with Gasteiger partial charge in [0.15, 0.2) is 0 Å². The van der Waals surface area contributed by atoms with Crippen LogP contribution in [0, 0.1) is 0 Å². The lowest BCUT2D eigenvalue weighted by Gasteiger charge is -2.11. The average molecular weight is 564 g/mol. The predicted molar refractivity (Wildman–Crippen MR) is 180 cm³/mol. The molecule has 9 rings (SSSR count). The molecule has 0 radical (unpaired) electrons. The van der Waals surface area contributed by atoms with Crippen LogP contribution in [0.2, 0.25) is 0 Å². The first-order chi connectivity index (χ1) is 21.8. The van der Waals surface area contributed by atoms with Gasteiger partial charge in [-0.15, -0.1) is 0 Å². The van der Waals surface area contributed by atoms with Crippen LogP contribution >= 0.6 is 0 Å². The first-order valence-electron chi connectivity index (χ1n) is 14.8. The van der Waals surface area contributed by atoms with Crippen LogP contribution in [0.15, 0.2) is 156 Å². The predicted octanol–water partition coefficient (Wildman–Crippen LogP) is 10.5. The third-order valence-electron chi connectivity index (χ3n) is 8.42. The second-order valence-corrected chi connectivity index (χ2v) is 11.0. The third-order valence-corrected chi connectivity index (χ3v) is 8.42. The molecular weight excluding hydrogens is 538 g/mol. The fraction of sp³-hybridized carbons (Fsp3) is 0. The summed E-state index contributed by atoms with van der Waals surface area (Å²) in [5.41, 5.74) is 11.2. The van der Waals surface area contributed by atoms with Crippen LogP contribution in [-0.2, 0) is 0 Å². The molecule has 0 bridgehead atoms. The molecule has 0 atom stereocenters. The van der Waals surface area contributed by atoms with Gasteiger partial charge in [-0.05, 0) is 53.6 Å². The Kier molecular flexibility index (Phi) is 5.47. The van der Waals surface area contributed by atoms with Crippen molar-refractivity contribution in [3.8, 4) is 39.5 Å². The molecule has 6 aromatic carbocycles. The van der Waals surface area contributed by atoms with Crippen molar-refractivity contribution in [1.29, 1.82) is 0 Å². The molecule has 206 valence electrons. The number of aromatic nitrogens is 3. The van der Waals surface area contributed by atoms with E-state index in [9.17, 15) is 0 Å². The minimum atomic E-state index is 0.874. The SMILES string of the molecule is c1ccc(-n2c(-c3ccc(-c4ccc(-c5nc6ccccc6c6oc7ccccc7c56)cc4)cc3)nc3ccccc32)cc1. The Morgan fingerprint density at radius 1 is 0.455 bits per heavy atom. The number of hydrogen-bond donors (Lipinski definition) is 0. The van der Waals surface area contributed by atoms with Gasteiger partial charge in [-0.3, -0.25) is 4.57 Å². The maximum absolute atomic E-state index is 6.38. The third kappa shape index (κ3) is 3.85. The summed E-state index contributed by atoms with van der Waals surface area (Å²) in [7, 11) is 0. The highest BCUT2D eigenvalue weighted by Gasteiger charge is 2.18. The zero-order chi connectivity index (χ0) is 29.0. The van der Waals surface area contributed by atoms with Crippen molar-refractivity contribution in [2.45, 2.75) is 0 Å². The van der Waals surface area contributed by atoms with Crippen molar-refractivity contribution in [2.24, 2.45) is 0 Å². The summed E-state index contributed by atoms with van der Waals surface area (Å²) < 4.78 is 8.61. The number of furan rings is 1. The minimum absolute atomic E-state index is 0.874. The molecule has 0 fully saturated rings. The van der Waals surface area contributed by atoms with Gasteiger partial charge in [-0.1, -0.05) is 109 Å². The smallest absolute Gasteiger partial charge is 0.147 e. The number of rotatable bonds is 4. The van der Waals surface area contributed by atoms with Gasteiger partial charge in [0.1, 0.15) is 17.0 Å². The Morgan fingerprint density at radius 2 is 1.05 bits per heavy atom. The number of benzene rings is 6. The molecule has 3 heterocycles. The standard InChI is InChI=1S/C40H25N3O/c1-2-10-30(11-3-1)43-35-16-8-7-15-34(35)42-40(43)29-24-20-27(21-25-29)26-18-22-28(23-19-26)38-37-32-13-5-9-17-36(32)44-39(37)31-12-4-6-14-33(31)41-38/h1-25H. The Balaban J connectivity index is 1.11. The van der Waals surface area contributed by atoms with Gasteiger partial charge in [-0.25, -0.2) is 9.97 Å². The lowest BCUT2D eigenvalue weighted by atomic mass is 9.99. The van der Waals surface area contributed by atoms with E-state index in [2.05, 4.69) is 114 Å². The molecule has 0 spiro atoms. The van der Waals surface area contributed by atoms with E-state index in [-0.39, 0.29) is 0 Å². The molecule has 9 aromatic rings. The van der Waals surface area contributed by atoms with Crippen molar-refractivity contribution in [3.63, 3.8) is 0 Å². The molecule has 4 nitrogen and oxygen atoms in total. The van der Waals surface area contributed by atoms with Crippen molar-refractivity contribution >= 4 is 43.9 Å². The molecule has 0 unspecified atom stereocenters. The van der Waals surface area contributed by atoms with E-state index in [4.69, 9.17) is 14.4 Å². The monoisotopic (exact) mass is 563 g/mol. The van der Waals surface area contributed by atoms with Gasteiger partial charge in [0.05, 0.1) is 27.6 Å². The maximum atomic E-state index is 6.38. The van der Waals surface area contributed by atoms with Crippen molar-refractivity contribution in [1.82, 2.24) is 14.5 Å². The Morgan fingerprint density at radius 3 is 1.82 bits per heavy atom. The number of para-hydroxylation sites is 5. The van der Waals surface area contributed by atoms with E-state index in [0.29, 0.717) is 0 Å². The summed E-state index contributed by atoms with van der Waals surface area (Å²) in [4.78, 5) is 10.1. The molecule has 44 heavy (non-hydrogen) atoms. The molecule has 0 aliphatic carbocycles. The molecule has 0 amide bonds. The summed E-state index contributed by atoms with van der Waals surface area (Å²) >= 11 is 0. The highest BCUT2D eigenvalue weighted by molar-refractivity contribution is 6.19. The first kappa shape index (κ1) is 24.6. The van der Waals surface area contributed by atoms with Crippen LogP contribution in [0.5, 0.6) is 0 Å². The average Bonchev–Trinajstić information content (AvgIpc) is 3.68. The first-order valence-corrected chi connectivity index (χ1v) is 14.8. The minimum Gasteiger partial charge on any atom is -0.455 e. The van der Waals surface area contributed by atoms with Crippen LogP contribution in [0.1, 0.15) is 0 Å². The number of fused-ring (bicyclic) bond motifs is 6. The van der Waals surface area contributed by atoms with Crippen molar-refractivity contribution < 1.29 is 4.42 Å². The second-order valence-electron chi connectivity index (χ2n) is 11.0. The van der Waals surface area contributed by atoms with Gasteiger partial charge in [0, 0.05) is 27.6 Å². The molecule has 3 aromatic heterocycles. The van der Waals surface area contributed by atoms with Crippen LogP contribution in [0.4, 0.5) is 0 Å². The zero-order valence-electron chi connectivity index (χ0n) is 23.7.